The summed E-state index contributed by atoms with van der Waals surface area (Å²) >= 11 is 3.02. The van der Waals surface area contributed by atoms with E-state index in [0.717, 1.165) is 5.17 Å². The Morgan fingerprint density at radius 1 is 0.721 bits per heavy atom. The zero-order valence-corrected chi connectivity index (χ0v) is 28.2. The number of amides is 2. The van der Waals surface area contributed by atoms with E-state index in [4.69, 9.17) is 4.99 Å². The fourth-order valence-corrected chi connectivity index (χ4v) is 7.96. The molecule has 0 radical (unpaired) electrons. The summed E-state index contributed by atoms with van der Waals surface area (Å²) in [5.41, 5.74) is -2.57. The van der Waals surface area contributed by atoms with Gasteiger partial charge in [0.25, 0.3) is 0 Å². The first-order valence-corrected chi connectivity index (χ1v) is 17.6. The van der Waals surface area contributed by atoms with E-state index in [0.29, 0.717) is 30.0 Å². The third-order valence-corrected chi connectivity index (χ3v) is 12.6. The van der Waals surface area contributed by atoms with E-state index >= 15 is 0 Å². The van der Waals surface area contributed by atoms with E-state index in [1.165, 1.54) is 56.7 Å². The number of nitrogens with zero attached hydrogens (tertiary/aromatic N) is 2. The first-order chi connectivity index (χ1) is 20.0. The SMILES string of the molecule is CC(C)C1(C)SC(=NC2CCCC(O)(C(F)(F)F)CCC2)NC1=O.CC(C)C1(C)SC(=NC2CCCCCCC2)NC1=O. The van der Waals surface area contributed by atoms with Gasteiger partial charge in [-0.25, -0.2) is 0 Å². The van der Waals surface area contributed by atoms with Gasteiger partial charge in [0.1, 0.15) is 9.49 Å². The van der Waals surface area contributed by atoms with Crippen LogP contribution < -0.4 is 10.6 Å². The molecule has 4 rings (SSSR count). The van der Waals surface area contributed by atoms with Crippen LogP contribution in [-0.2, 0) is 9.59 Å². The molecule has 0 aromatic rings. The Labute approximate surface area is 263 Å². The highest BCUT2D eigenvalue weighted by Gasteiger charge is 2.53. The fraction of sp³-hybridized carbons (Fsp3) is 0.871. The summed E-state index contributed by atoms with van der Waals surface area (Å²) in [6.07, 6.45) is 5.29. The molecule has 43 heavy (non-hydrogen) atoms. The van der Waals surface area contributed by atoms with Gasteiger partial charge in [-0.2, -0.15) is 13.2 Å². The lowest BCUT2D eigenvalue weighted by molar-refractivity contribution is -0.266. The second kappa shape index (κ2) is 14.9. The van der Waals surface area contributed by atoms with Gasteiger partial charge in [0.05, 0.1) is 12.1 Å². The van der Waals surface area contributed by atoms with E-state index in [-0.39, 0.29) is 54.2 Å². The topological polar surface area (TPSA) is 103 Å². The van der Waals surface area contributed by atoms with E-state index in [2.05, 4.69) is 29.5 Å². The molecule has 0 aromatic carbocycles. The first-order valence-electron chi connectivity index (χ1n) is 16.0. The third kappa shape index (κ3) is 9.15. The van der Waals surface area contributed by atoms with Gasteiger partial charge < -0.3 is 15.7 Å². The highest BCUT2D eigenvalue weighted by atomic mass is 32.2. The number of aliphatic hydroxyl groups is 1. The number of aliphatic imine (C=N–C) groups is 2. The third-order valence-electron chi connectivity index (χ3n) is 9.62. The predicted octanol–water partition coefficient (Wildman–Crippen LogP) is 7.37. The Morgan fingerprint density at radius 2 is 1.07 bits per heavy atom. The van der Waals surface area contributed by atoms with Gasteiger partial charge in [0.15, 0.2) is 15.9 Å². The van der Waals surface area contributed by atoms with Crippen LogP contribution in [-0.4, -0.2) is 60.6 Å². The largest absolute Gasteiger partial charge is 0.417 e. The Balaban J connectivity index is 0.000000242. The molecule has 7 nitrogen and oxygen atoms in total. The normalized spacial score (nSPS) is 35.2. The van der Waals surface area contributed by atoms with Crippen LogP contribution in [0.5, 0.6) is 0 Å². The highest BCUT2D eigenvalue weighted by Crippen LogP contribution is 2.42. The van der Waals surface area contributed by atoms with Crippen molar-refractivity contribution < 1.29 is 27.9 Å². The van der Waals surface area contributed by atoms with Crippen LogP contribution in [0.4, 0.5) is 13.2 Å². The van der Waals surface area contributed by atoms with Crippen molar-refractivity contribution in [1.29, 1.82) is 0 Å². The van der Waals surface area contributed by atoms with Crippen LogP contribution >= 0.6 is 23.5 Å². The summed E-state index contributed by atoms with van der Waals surface area (Å²) in [7, 11) is 0. The van der Waals surface area contributed by atoms with Gasteiger partial charge >= 0.3 is 6.18 Å². The van der Waals surface area contributed by atoms with Crippen molar-refractivity contribution in [2.24, 2.45) is 21.8 Å². The predicted molar refractivity (Wildman–Crippen MR) is 171 cm³/mol. The molecule has 2 aliphatic heterocycles. The number of amidine groups is 2. The van der Waals surface area contributed by atoms with Crippen molar-refractivity contribution in [3.63, 3.8) is 0 Å². The van der Waals surface area contributed by atoms with Crippen LogP contribution in [0.15, 0.2) is 9.98 Å². The Kier molecular flexibility index (Phi) is 12.5. The average molecular weight is 649 g/mol. The summed E-state index contributed by atoms with van der Waals surface area (Å²) in [6, 6.07) is 0.303. The molecule has 2 saturated carbocycles. The molecular weight excluding hydrogens is 597 g/mol. The van der Waals surface area contributed by atoms with E-state index in [1.807, 2.05) is 27.7 Å². The molecule has 4 fully saturated rings. The standard InChI is InChI=1S/C16H25F3N2O2S.C15H26N2OS/c1-10(2)14(3)12(22)21-13(24-14)20-11-6-4-8-15(23,9-5-7-11)16(17,18)19;1-11(2)15(3)13(18)17-14(19-15)16-12-9-7-5-4-6-8-10-12/h10-11,23H,4-9H2,1-3H3,(H,20,21,22);11-12H,4-10H2,1-3H3,(H,16,17,18). The Morgan fingerprint density at radius 3 is 1.40 bits per heavy atom. The van der Waals surface area contributed by atoms with E-state index in [1.54, 1.807) is 11.8 Å². The maximum absolute atomic E-state index is 12.9. The zero-order valence-electron chi connectivity index (χ0n) is 26.6. The van der Waals surface area contributed by atoms with Crippen LogP contribution in [0.25, 0.3) is 0 Å². The lowest BCUT2D eigenvalue weighted by Crippen LogP contribution is -2.45. The van der Waals surface area contributed by atoms with Gasteiger partial charge in [0, 0.05) is 0 Å². The van der Waals surface area contributed by atoms with Gasteiger partial charge in [-0.15, -0.1) is 0 Å². The van der Waals surface area contributed by atoms with Crippen molar-refractivity contribution in [1.82, 2.24) is 10.6 Å². The smallest absolute Gasteiger partial charge is 0.380 e. The molecule has 12 heteroatoms. The average Bonchev–Trinajstić information content (AvgIpc) is 3.33. The number of alkyl halides is 3. The molecule has 2 saturated heterocycles. The monoisotopic (exact) mass is 648 g/mol. The number of nitrogens with one attached hydrogen (secondary N) is 2. The minimum Gasteiger partial charge on any atom is -0.380 e. The molecular formula is C31H51F3N4O3S2. The van der Waals surface area contributed by atoms with Crippen LogP contribution in [0, 0.1) is 11.8 Å². The van der Waals surface area contributed by atoms with Gasteiger partial charge in [-0.05, 0) is 77.0 Å². The quantitative estimate of drug-likeness (QED) is 0.296. The van der Waals surface area contributed by atoms with E-state index < -0.39 is 16.5 Å². The molecule has 2 amide bonds. The maximum atomic E-state index is 12.9. The van der Waals surface area contributed by atoms with Gasteiger partial charge in [0.2, 0.25) is 11.8 Å². The molecule has 2 aliphatic carbocycles. The number of hydrogen-bond donors (Lipinski definition) is 3. The molecule has 246 valence electrons. The summed E-state index contributed by atoms with van der Waals surface area (Å²) in [5.74, 6) is 0.521. The van der Waals surface area contributed by atoms with Crippen molar-refractivity contribution in [2.45, 2.75) is 158 Å². The zero-order chi connectivity index (χ0) is 32.1. The fourth-order valence-electron chi connectivity index (χ4n) is 5.70. The Hall–Kier alpha value is -1.27. The van der Waals surface area contributed by atoms with Crippen molar-refractivity contribution >= 4 is 45.7 Å². The summed E-state index contributed by atoms with van der Waals surface area (Å²) < 4.78 is 37.9. The molecule has 3 N–H and O–H groups in total. The van der Waals surface area contributed by atoms with Crippen LogP contribution in [0.2, 0.25) is 0 Å². The van der Waals surface area contributed by atoms with Gasteiger partial charge in [-0.1, -0.05) is 83.3 Å². The summed E-state index contributed by atoms with van der Waals surface area (Å²) in [4.78, 5) is 33.6. The maximum Gasteiger partial charge on any atom is 0.417 e. The van der Waals surface area contributed by atoms with Crippen LogP contribution in [0.3, 0.4) is 0 Å². The number of hydrogen-bond acceptors (Lipinski definition) is 7. The molecule has 2 atom stereocenters. The second-order valence-electron chi connectivity index (χ2n) is 13.5. The minimum atomic E-state index is -4.58. The molecule has 0 bridgehead atoms. The van der Waals surface area contributed by atoms with Gasteiger partial charge in [-0.3, -0.25) is 19.6 Å². The Bertz CT molecular complexity index is 1030. The number of rotatable bonds is 4. The minimum absolute atomic E-state index is 0.0708. The first kappa shape index (κ1) is 36.2. The summed E-state index contributed by atoms with van der Waals surface area (Å²) in [5, 5.41) is 17.0. The number of carbonyl (C=O) groups excluding carboxylic acids is 2. The second-order valence-corrected chi connectivity index (χ2v) is 16.3. The number of carbonyl (C=O) groups is 2. The molecule has 2 unspecified atom stereocenters. The van der Waals surface area contributed by atoms with Crippen molar-refractivity contribution in [3.05, 3.63) is 0 Å². The van der Waals surface area contributed by atoms with Crippen LogP contribution in [0.1, 0.15) is 125 Å². The highest BCUT2D eigenvalue weighted by molar-refractivity contribution is 8.16. The molecule has 4 aliphatic rings. The summed E-state index contributed by atoms with van der Waals surface area (Å²) in [6.45, 7) is 12.1. The number of halogens is 3. The molecule has 0 aromatic heterocycles. The number of thioether (sulfide) groups is 2. The molecule has 0 spiro atoms. The lowest BCUT2D eigenvalue weighted by atomic mass is 9.85. The molecule has 2 heterocycles. The van der Waals surface area contributed by atoms with Crippen molar-refractivity contribution in [3.8, 4) is 0 Å². The lowest BCUT2D eigenvalue weighted by Gasteiger charge is -2.33. The van der Waals surface area contributed by atoms with E-state index in [9.17, 15) is 27.9 Å². The van der Waals surface area contributed by atoms with Crippen molar-refractivity contribution in [2.75, 3.05) is 0 Å².